The first kappa shape index (κ1) is 13.8. The van der Waals surface area contributed by atoms with E-state index in [1.54, 1.807) is 0 Å². The zero-order chi connectivity index (χ0) is 12.9. The van der Waals surface area contributed by atoms with E-state index in [1.165, 1.54) is 0 Å². The van der Waals surface area contributed by atoms with Crippen LogP contribution in [0.3, 0.4) is 0 Å². The fraction of sp³-hybridized carbons (Fsp3) is 0.615. The fourth-order valence-corrected chi connectivity index (χ4v) is 1.82. The molecule has 0 saturated carbocycles. The Morgan fingerprint density at radius 3 is 2.88 bits per heavy atom. The summed E-state index contributed by atoms with van der Waals surface area (Å²) in [7, 11) is 0. The number of hydrogen-bond donors (Lipinski definition) is 1. The summed E-state index contributed by atoms with van der Waals surface area (Å²) in [6.07, 6.45) is 3.86. The molecule has 0 fully saturated rings. The quantitative estimate of drug-likeness (QED) is 0.741. The first-order chi connectivity index (χ1) is 7.98. The molecule has 0 spiro atoms. The number of rotatable bonds is 7. The maximum absolute atomic E-state index is 5.71. The Kier molecular flexibility index (Phi) is 4.75. The third-order valence-corrected chi connectivity index (χ3v) is 2.39. The van der Waals surface area contributed by atoms with Crippen molar-refractivity contribution in [1.82, 2.24) is 9.55 Å². The average molecular weight is 237 g/mol. The van der Waals surface area contributed by atoms with Crippen molar-refractivity contribution in [3.05, 3.63) is 24.5 Å². The monoisotopic (exact) mass is 237 g/mol. The van der Waals surface area contributed by atoms with Gasteiger partial charge in [0.05, 0.1) is 17.8 Å². The van der Waals surface area contributed by atoms with Crippen LogP contribution in [0.1, 0.15) is 26.5 Å². The van der Waals surface area contributed by atoms with Crippen molar-refractivity contribution in [2.75, 3.05) is 18.5 Å². The van der Waals surface area contributed by atoms with Crippen LogP contribution in [0, 0.1) is 6.92 Å². The molecule has 0 amide bonds. The van der Waals surface area contributed by atoms with Crippen LogP contribution in [0.5, 0.6) is 0 Å². The average Bonchev–Trinajstić information content (AvgIpc) is 2.54. The molecule has 0 saturated heterocycles. The predicted molar refractivity (Wildman–Crippen MR) is 71.4 cm³/mol. The number of ether oxygens (including phenoxy) is 1. The normalized spacial score (nSPS) is 11.5. The number of anilines is 1. The van der Waals surface area contributed by atoms with E-state index in [1.807, 2.05) is 26.1 Å². The van der Waals surface area contributed by atoms with E-state index in [-0.39, 0.29) is 5.60 Å². The molecule has 0 unspecified atom stereocenters. The number of hydrogen-bond acceptors (Lipinski definition) is 3. The predicted octanol–water partition coefficient (Wildman–Crippen LogP) is 2.60. The molecule has 1 rings (SSSR count). The van der Waals surface area contributed by atoms with Crippen molar-refractivity contribution < 1.29 is 4.74 Å². The van der Waals surface area contributed by atoms with Gasteiger partial charge in [-0.15, -0.1) is 6.58 Å². The lowest BCUT2D eigenvalue weighted by Crippen LogP contribution is -2.30. The van der Waals surface area contributed by atoms with Crippen LogP contribution in [0.15, 0.2) is 18.9 Å². The molecule has 0 aromatic carbocycles. The molecule has 0 aliphatic rings. The third kappa shape index (κ3) is 4.23. The molecule has 0 aliphatic carbocycles. The Morgan fingerprint density at radius 2 is 2.29 bits per heavy atom. The largest absolute Gasteiger partial charge is 0.374 e. The lowest BCUT2D eigenvalue weighted by Gasteiger charge is -2.25. The van der Waals surface area contributed by atoms with Gasteiger partial charge in [0.15, 0.2) is 0 Å². The SMILES string of the molecule is C=CCNc1nc(C)cn1CC(C)(C)OCC. The van der Waals surface area contributed by atoms with Crippen LogP contribution in [-0.4, -0.2) is 28.3 Å². The maximum Gasteiger partial charge on any atom is 0.203 e. The van der Waals surface area contributed by atoms with Crippen molar-refractivity contribution in [1.29, 1.82) is 0 Å². The van der Waals surface area contributed by atoms with Gasteiger partial charge in [-0.05, 0) is 27.7 Å². The van der Waals surface area contributed by atoms with Crippen LogP contribution in [0.2, 0.25) is 0 Å². The highest BCUT2D eigenvalue weighted by molar-refractivity contribution is 5.29. The molecule has 17 heavy (non-hydrogen) atoms. The van der Waals surface area contributed by atoms with E-state index in [0.717, 1.165) is 24.8 Å². The molecule has 1 aromatic rings. The second-order valence-corrected chi connectivity index (χ2v) is 4.70. The van der Waals surface area contributed by atoms with Gasteiger partial charge in [0, 0.05) is 19.3 Å². The molecule has 0 atom stereocenters. The minimum Gasteiger partial charge on any atom is -0.374 e. The van der Waals surface area contributed by atoms with Gasteiger partial charge < -0.3 is 14.6 Å². The summed E-state index contributed by atoms with van der Waals surface area (Å²) >= 11 is 0. The van der Waals surface area contributed by atoms with Crippen molar-refractivity contribution in [3.63, 3.8) is 0 Å². The summed E-state index contributed by atoms with van der Waals surface area (Å²) in [5.74, 6) is 0.871. The van der Waals surface area contributed by atoms with Crippen LogP contribution < -0.4 is 5.32 Å². The Hall–Kier alpha value is -1.29. The minimum atomic E-state index is -0.188. The summed E-state index contributed by atoms with van der Waals surface area (Å²) < 4.78 is 7.80. The zero-order valence-electron chi connectivity index (χ0n) is 11.3. The lowest BCUT2D eigenvalue weighted by molar-refractivity contribution is -0.0220. The fourth-order valence-electron chi connectivity index (χ4n) is 1.82. The molecule has 1 N–H and O–H groups in total. The Balaban J connectivity index is 2.78. The summed E-state index contributed by atoms with van der Waals surface area (Å²) in [6.45, 7) is 14.1. The van der Waals surface area contributed by atoms with E-state index in [9.17, 15) is 0 Å². The lowest BCUT2D eigenvalue weighted by atomic mass is 10.1. The molecule has 96 valence electrons. The van der Waals surface area contributed by atoms with Crippen molar-refractivity contribution in [2.45, 2.75) is 39.8 Å². The number of nitrogens with one attached hydrogen (secondary N) is 1. The van der Waals surface area contributed by atoms with Gasteiger partial charge in [0.1, 0.15) is 0 Å². The van der Waals surface area contributed by atoms with E-state index < -0.39 is 0 Å². The highest BCUT2D eigenvalue weighted by atomic mass is 16.5. The maximum atomic E-state index is 5.71. The minimum absolute atomic E-state index is 0.188. The summed E-state index contributed by atoms with van der Waals surface area (Å²) in [5, 5.41) is 3.23. The number of imidazole rings is 1. The highest BCUT2D eigenvalue weighted by Gasteiger charge is 2.20. The van der Waals surface area contributed by atoms with E-state index in [0.29, 0.717) is 6.54 Å². The van der Waals surface area contributed by atoms with E-state index in [4.69, 9.17) is 4.74 Å². The van der Waals surface area contributed by atoms with Crippen molar-refractivity contribution >= 4 is 5.95 Å². The third-order valence-electron chi connectivity index (χ3n) is 2.39. The molecule has 1 heterocycles. The van der Waals surface area contributed by atoms with Crippen LogP contribution in [0.25, 0.3) is 0 Å². The zero-order valence-corrected chi connectivity index (χ0v) is 11.3. The Bertz CT molecular complexity index is 369. The van der Waals surface area contributed by atoms with Gasteiger partial charge in [0.25, 0.3) is 0 Å². The van der Waals surface area contributed by atoms with Gasteiger partial charge in [0.2, 0.25) is 5.95 Å². The molecular weight excluding hydrogens is 214 g/mol. The van der Waals surface area contributed by atoms with Crippen molar-refractivity contribution in [3.8, 4) is 0 Å². The van der Waals surface area contributed by atoms with Gasteiger partial charge in [-0.25, -0.2) is 4.98 Å². The van der Waals surface area contributed by atoms with Crippen LogP contribution >= 0.6 is 0 Å². The molecule has 4 nitrogen and oxygen atoms in total. The van der Waals surface area contributed by atoms with Gasteiger partial charge in [-0.3, -0.25) is 0 Å². The molecule has 1 aromatic heterocycles. The first-order valence-electron chi connectivity index (χ1n) is 6.01. The van der Waals surface area contributed by atoms with Gasteiger partial charge in [-0.2, -0.15) is 0 Å². The number of nitrogens with zero attached hydrogens (tertiary/aromatic N) is 2. The summed E-state index contributed by atoms with van der Waals surface area (Å²) in [5.41, 5.74) is 0.816. The van der Waals surface area contributed by atoms with Gasteiger partial charge >= 0.3 is 0 Å². The Morgan fingerprint density at radius 1 is 1.59 bits per heavy atom. The second kappa shape index (κ2) is 5.87. The Labute approximate surface area is 104 Å². The standard InChI is InChI=1S/C13H23N3O/c1-6-8-14-12-15-11(3)9-16(12)10-13(4,5)17-7-2/h6,9H,1,7-8,10H2,2-5H3,(H,14,15). The molecular formula is C13H23N3O. The van der Waals surface area contributed by atoms with E-state index in [2.05, 4.69) is 35.3 Å². The summed E-state index contributed by atoms with van der Waals surface area (Å²) in [4.78, 5) is 4.44. The first-order valence-corrected chi connectivity index (χ1v) is 6.01. The van der Waals surface area contributed by atoms with Crippen LogP contribution in [0.4, 0.5) is 5.95 Å². The van der Waals surface area contributed by atoms with Crippen molar-refractivity contribution in [2.24, 2.45) is 0 Å². The number of aromatic nitrogens is 2. The molecule has 0 radical (unpaired) electrons. The second-order valence-electron chi connectivity index (χ2n) is 4.70. The molecule has 4 heteroatoms. The smallest absolute Gasteiger partial charge is 0.203 e. The summed E-state index contributed by atoms with van der Waals surface area (Å²) in [6, 6.07) is 0. The highest BCUT2D eigenvalue weighted by Crippen LogP contribution is 2.17. The van der Waals surface area contributed by atoms with Crippen LogP contribution in [-0.2, 0) is 11.3 Å². The topological polar surface area (TPSA) is 39.1 Å². The van der Waals surface area contributed by atoms with E-state index >= 15 is 0 Å². The number of aryl methyl sites for hydroxylation is 1. The molecule has 0 bridgehead atoms. The van der Waals surface area contributed by atoms with Gasteiger partial charge in [-0.1, -0.05) is 6.08 Å². The molecule has 0 aliphatic heterocycles.